The van der Waals surface area contributed by atoms with Crippen molar-refractivity contribution in [2.24, 2.45) is 0 Å². The molecule has 0 saturated heterocycles. The first kappa shape index (κ1) is 14.3. The van der Waals surface area contributed by atoms with Gasteiger partial charge in [0, 0.05) is 17.8 Å². The van der Waals surface area contributed by atoms with Gasteiger partial charge < -0.3 is 10.4 Å². The summed E-state index contributed by atoms with van der Waals surface area (Å²) in [6.07, 6.45) is 9.44. The minimum Gasteiger partial charge on any atom is -0.389 e. The van der Waals surface area contributed by atoms with Crippen LogP contribution >= 0.6 is 11.8 Å². The normalized spacial score (nSPS) is 30.0. The van der Waals surface area contributed by atoms with Crippen molar-refractivity contribution in [3.8, 4) is 0 Å². The summed E-state index contributed by atoms with van der Waals surface area (Å²) in [6.45, 7) is 4.81. The van der Waals surface area contributed by atoms with Crippen LogP contribution in [0.2, 0.25) is 0 Å². The van der Waals surface area contributed by atoms with Crippen LogP contribution in [0.25, 0.3) is 0 Å². The van der Waals surface area contributed by atoms with Crippen molar-refractivity contribution in [1.82, 2.24) is 5.32 Å². The van der Waals surface area contributed by atoms with E-state index in [-0.39, 0.29) is 0 Å². The molecule has 96 valence electrons. The lowest BCUT2D eigenvalue weighted by Gasteiger charge is -2.34. The molecule has 2 N–H and O–H groups in total. The molecule has 1 aliphatic carbocycles. The largest absolute Gasteiger partial charge is 0.389 e. The predicted octanol–water partition coefficient (Wildman–Crippen LogP) is 2.80. The molecule has 1 fully saturated rings. The molecule has 3 heteroatoms. The lowest BCUT2D eigenvalue weighted by Crippen LogP contribution is -2.47. The van der Waals surface area contributed by atoms with Gasteiger partial charge in [-0.15, -0.1) is 0 Å². The first-order valence-corrected chi connectivity index (χ1v) is 7.86. The first-order chi connectivity index (χ1) is 7.59. The maximum atomic E-state index is 10.1. The third kappa shape index (κ3) is 4.64. The summed E-state index contributed by atoms with van der Waals surface area (Å²) < 4.78 is 0. The summed E-state index contributed by atoms with van der Waals surface area (Å²) in [5.74, 6) is 0. The zero-order valence-corrected chi connectivity index (χ0v) is 11.8. The van der Waals surface area contributed by atoms with Crippen LogP contribution in [-0.4, -0.2) is 34.8 Å². The Labute approximate surface area is 105 Å². The molecule has 0 aromatic carbocycles. The van der Waals surface area contributed by atoms with Gasteiger partial charge in [-0.05, 0) is 32.4 Å². The molecule has 16 heavy (non-hydrogen) atoms. The number of hydrogen-bond donors (Lipinski definition) is 2. The Balaban J connectivity index is 2.34. The van der Waals surface area contributed by atoms with Crippen LogP contribution in [0.4, 0.5) is 0 Å². The second-order valence-electron chi connectivity index (χ2n) is 5.29. The smallest absolute Gasteiger partial charge is 0.0743 e. The number of thioether (sulfide) groups is 1. The third-order valence-electron chi connectivity index (χ3n) is 3.54. The molecule has 1 saturated carbocycles. The van der Waals surface area contributed by atoms with Crippen molar-refractivity contribution in [2.45, 2.75) is 69.3 Å². The van der Waals surface area contributed by atoms with Crippen LogP contribution in [0.1, 0.15) is 52.4 Å². The molecule has 3 unspecified atom stereocenters. The highest BCUT2D eigenvalue weighted by Crippen LogP contribution is 2.27. The molecule has 1 aliphatic rings. The van der Waals surface area contributed by atoms with Gasteiger partial charge in [-0.2, -0.15) is 11.8 Å². The quantitative estimate of drug-likeness (QED) is 0.755. The summed E-state index contributed by atoms with van der Waals surface area (Å²) in [5, 5.41) is 14.5. The first-order valence-electron chi connectivity index (χ1n) is 6.57. The SMILES string of the molecule is CCCC(C)(O)CNC1CCCCC1SC. The van der Waals surface area contributed by atoms with Gasteiger partial charge in [-0.25, -0.2) is 0 Å². The molecule has 0 aliphatic heterocycles. The van der Waals surface area contributed by atoms with Crippen molar-refractivity contribution in [2.75, 3.05) is 12.8 Å². The molecule has 0 aromatic rings. The van der Waals surface area contributed by atoms with Gasteiger partial charge in [0.1, 0.15) is 0 Å². The van der Waals surface area contributed by atoms with Crippen LogP contribution in [0.15, 0.2) is 0 Å². The second kappa shape index (κ2) is 6.87. The summed E-state index contributed by atoms with van der Waals surface area (Å²) in [5.41, 5.74) is -0.533. The molecule has 0 radical (unpaired) electrons. The monoisotopic (exact) mass is 245 g/mol. The molecule has 3 atom stereocenters. The predicted molar refractivity (Wildman–Crippen MR) is 73.1 cm³/mol. The Hall–Kier alpha value is 0.270. The second-order valence-corrected chi connectivity index (χ2v) is 6.37. The molecular weight excluding hydrogens is 218 g/mol. The van der Waals surface area contributed by atoms with E-state index in [4.69, 9.17) is 0 Å². The van der Waals surface area contributed by atoms with Crippen LogP contribution in [0.3, 0.4) is 0 Å². The van der Waals surface area contributed by atoms with E-state index in [1.165, 1.54) is 25.7 Å². The molecule has 0 amide bonds. The van der Waals surface area contributed by atoms with Gasteiger partial charge in [-0.1, -0.05) is 26.2 Å². The van der Waals surface area contributed by atoms with E-state index in [0.717, 1.165) is 24.6 Å². The van der Waals surface area contributed by atoms with Crippen molar-refractivity contribution < 1.29 is 5.11 Å². The van der Waals surface area contributed by atoms with Crippen LogP contribution < -0.4 is 5.32 Å². The van der Waals surface area contributed by atoms with Crippen LogP contribution in [0.5, 0.6) is 0 Å². The van der Waals surface area contributed by atoms with E-state index in [9.17, 15) is 5.11 Å². The van der Waals surface area contributed by atoms with Gasteiger partial charge in [0.15, 0.2) is 0 Å². The topological polar surface area (TPSA) is 32.3 Å². The Kier molecular flexibility index (Phi) is 6.16. The fraction of sp³-hybridized carbons (Fsp3) is 1.00. The van der Waals surface area contributed by atoms with E-state index < -0.39 is 5.60 Å². The van der Waals surface area contributed by atoms with E-state index in [0.29, 0.717) is 6.04 Å². The summed E-state index contributed by atoms with van der Waals surface area (Å²) >= 11 is 1.97. The molecular formula is C13H27NOS. The third-order valence-corrected chi connectivity index (χ3v) is 4.71. The minimum absolute atomic E-state index is 0.533. The van der Waals surface area contributed by atoms with E-state index >= 15 is 0 Å². The Morgan fingerprint density at radius 3 is 2.69 bits per heavy atom. The van der Waals surface area contributed by atoms with Crippen LogP contribution in [-0.2, 0) is 0 Å². The van der Waals surface area contributed by atoms with Gasteiger partial charge in [0.25, 0.3) is 0 Å². The number of rotatable bonds is 6. The zero-order chi connectivity index (χ0) is 12.0. The highest BCUT2D eigenvalue weighted by Gasteiger charge is 2.27. The van der Waals surface area contributed by atoms with Gasteiger partial charge in [0.05, 0.1) is 5.60 Å². The molecule has 2 nitrogen and oxygen atoms in total. The standard InChI is InChI=1S/C13H27NOS/c1-4-9-13(2,15)10-14-11-7-5-6-8-12(11)16-3/h11-12,14-15H,4-10H2,1-3H3. The molecule has 0 spiro atoms. The zero-order valence-electron chi connectivity index (χ0n) is 11.0. The highest BCUT2D eigenvalue weighted by atomic mass is 32.2. The van der Waals surface area contributed by atoms with E-state index in [1.807, 2.05) is 18.7 Å². The lowest BCUT2D eigenvalue weighted by molar-refractivity contribution is 0.0460. The Bertz CT molecular complexity index is 196. The van der Waals surface area contributed by atoms with Crippen molar-refractivity contribution >= 4 is 11.8 Å². The molecule has 0 bridgehead atoms. The average molecular weight is 245 g/mol. The van der Waals surface area contributed by atoms with E-state index in [2.05, 4.69) is 18.5 Å². The van der Waals surface area contributed by atoms with Gasteiger partial charge >= 0.3 is 0 Å². The summed E-state index contributed by atoms with van der Waals surface area (Å²) in [7, 11) is 0. The maximum absolute atomic E-state index is 10.1. The number of aliphatic hydroxyl groups is 1. The summed E-state index contributed by atoms with van der Waals surface area (Å²) in [4.78, 5) is 0. The fourth-order valence-corrected chi connectivity index (χ4v) is 3.55. The lowest BCUT2D eigenvalue weighted by atomic mass is 9.93. The van der Waals surface area contributed by atoms with Crippen molar-refractivity contribution in [3.63, 3.8) is 0 Å². The molecule has 0 heterocycles. The molecule has 0 aromatic heterocycles. The fourth-order valence-electron chi connectivity index (χ4n) is 2.59. The van der Waals surface area contributed by atoms with E-state index in [1.54, 1.807) is 0 Å². The minimum atomic E-state index is -0.533. The van der Waals surface area contributed by atoms with Gasteiger partial charge in [-0.3, -0.25) is 0 Å². The highest BCUT2D eigenvalue weighted by molar-refractivity contribution is 7.99. The Morgan fingerprint density at radius 1 is 1.38 bits per heavy atom. The number of hydrogen-bond acceptors (Lipinski definition) is 3. The van der Waals surface area contributed by atoms with Crippen molar-refractivity contribution in [3.05, 3.63) is 0 Å². The Morgan fingerprint density at radius 2 is 2.06 bits per heavy atom. The van der Waals surface area contributed by atoms with Gasteiger partial charge in [0.2, 0.25) is 0 Å². The summed E-state index contributed by atoms with van der Waals surface area (Å²) in [6, 6.07) is 0.604. The maximum Gasteiger partial charge on any atom is 0.0743 e. The van der Waals surface area contributed by atoms with Crippen molar-refractivity contribution in [1.29, 1.82) is 0 Å². The van der Waals surface area contributed by atoms with Crippen LogP contribution in [0, 0.1) is 0 Å². The average Bonchev–Trinajstić information content (AvgIpc) is 2.27. The molecule has 1 rings (SSSR count). The number of nitrogens with one attached hydrogen (secondary N) is 1.